The maximum atomic E-state index is 3.99. The molecule has 0 aliphatic rings. The first-order valence-electron chi connectivity index (χ1n) is 9.27. The van der Waals surface area contributed by atoms with E-state index in [-0.39, 0.29) is 0 Å². The third kappa shape index (κ3) is 5.41. The van der Waals surface area contributed by atoms with Crippen molar-refractivity contribution in [1.82, 2.24) is 0 Å². The Morgan fingerprint density at radius 3 is 1.27 bits per heavy atom. The first kappa shape index (κ1) is 18.6. The van der Waals surface area contributed by atoms with Crippen molar-refractivity contribution in [3.05, 3.63) is 107 Å². The van der Waals surface area contributed by atoms with Crippen LogP contribution in [0.1, 0.15) is 34.7 Å². The topological polar surface area (TPSA) is 0 Å². The highest BCUT2D eigenvalue weighted by atomic mass is 31.0. The summed E-state index contributed by atoms with van der Waals surface area (Å²) in [6.07, 6.45) is 4.36. The molecule has 0 fully saturated rings. The molecule has 0 heterocycles. The second-order valence-electron chi connectivity index (χ2n) is 7.04. The number of hydrogen-bond donors (Lipinski definition) is 0. The fourth-order valence-electron chi connectivity index (χ4n) is 3.09. The molecule has 132 valence electrons. The molecule has 0 aliphatic carbocycles. The minimum Gasteiger partial charge on any atom is -0.106 e. The van der Waals surface area contributed by atoms with Crippen molar-refractivity contribution in [3.8, 4) is 0 Å². The lowest BCUT2D eigenvalue weighted by atomic mass is 9.99. The van der Waals surface area contributed by atoms with E-state index < -0.39 is 0 Å². The lowest BCUT2D eigenvalue weighted by Gasteiger charge is -2.07. The van der Waals surface area contributed by atoms with Gasteiger partial charge in [0.05, 0.1) is 0 Å². The van der Waals surface area contributed by atoms with Gasteiger partial charge in [-0.2, -0.15) is 0 Å². The molecule has 0 N–H and O–H groups in total. The molecule has 1 heteroatoms. The molecule has 0 amide bonds. The Morgan fingerprint density at radius 2 is 0.923 bits per heavy atom. The Labute approximate surface area is 160 Å². The van der Waals surface area contributed by atoms with Crippen LogP contribution in [0.15, 0.2) is 79.4 Å². The van der Waals surface area contributed by atoms with Crippen LogP contribution < -0.4 is 5.30 Å². The normalized spacial score (nSPS) is 10.7. The molecule has 1 unspecified atom stereocenters. The number of allylic oxidation sites excluding steroid dienone is 1. The Hall–Kier alpha value is -2.17. The third-order valence-corrected chi connectivity index (χ3v) is 5.24. The predicted molar refractivity (Wildman–Crippen MR) is 118 cm³/mol. The Bertz CT molecular complexity index is 840. The Kier molecular flexibility index (Phi) is 6.42. The van der Waals surface area contributed by atoms with Gasteiger partial charge in [-0.05, 0) is 65.7 Å². The first-order valence-corrected chi connectivity index (χ1v) is 9.85. The molecular weight excluding hydrogens is 331 g/mol. The minimum atomic E-state index is 1.08. The van der Waals surface area contributed by atoms with Crippen molar-refractivity contribution in [2.24, 2.45) is 0 Å². The molecule has 0 spiro atoms. The van der Waals surface area contributed by atoms with Crippen LogP contribution >= 0.6 is 9.24 Å². The standard InChI is InChI=1S/C25H27P/c1-19(2)24-15-11-22(12-16-24)9-7-20-3-5-21(6-4-20)8-10-23-13-17-25(26)18-14-23/h3-6,11-18H,1,7-10,26H2,2H3. The highest BCUT2D eigenvalue weighted by Gasteiger charge is 2.00. The quantitative estimate of drug-likeness (QED) is 0.469. The van der Waals surface area contributed by atoms with Gasteiger partial charge in [-0.3, -0.25) is 0 Å². The van der Waals surface area contributed by atoms with Crippen molar-refractivity contribution >= 4 is 20.1 Å². The van der Waals surface area contributed by atoms with Gasteiger partial charge in [0.2, 0.25) is 0 Å². The van der Waals surface area contributed by atoms with E-state index in [1.54, 1.807) is 0 Å². The molecule has 3 aromatic carbocycles. The maximum Gasteiger partial charge on any atom is -0.0233 e. The summed E-state index contributed by atoms with van der Waals surface area (Å²) in [5.41, 5.74) is 7.96. The van der Waals surface area contributed by atoms with E-state index in [1.807, 2.05) is 0 Å². The fraction of sp³-hybridized carbons (Fsp3) is 0.200. The van der Waals surface area contributed by atoms with Crippen molar-refractivity contribution in [2.75, 3.05) is 0 Å². The second-order valence-corrected chi connectivity index (χ2v) is 7.70. The van der Waals surface area contributed by atoms with Gasteiger partial charge in [0.1, 0.15) is 0 Å². The van der Waals surface area contributed by atoms with Crippen LogP contribution in [-0.4, -0.2) is 0 Å². The van der Waals surface area contributed by atoms with Gasteiger partial charge in [-0.25, -0.2) is 0 Å². The average molecular weight is 358 g/mol. The van der Waals surface area contributed by atoms with Gasteiger partial charge in [-0.15, -0.1) is 9.24 Å². The zero-order valence-corrected chi connectivity index (χ0v) is 16.7. The first-order chi connectivity index (χ1) is 12.6. The summed E-state index contributed by atoms with van der Waals surface area (Å²) in [5, 5.41) is 1.24. The van der Waals surface area contributed by atoms with E-state index in [0.29, 0.717) is 0 Å². The molecule has 3 aromatic rings. The van der Waals surface area contributed by atoms with E-state index in [2.05, 4.69) is 95.5 Å². The van der Waals surface area contributed by atoms with Crippen LogP contribution in [0, 0.1) is 0 Å². The van der Waals surface area contributed by atoms with Crippen molar-refractivity contribution < 1.29 is 0 Å². The van der Waals surface area contributed by atoms with Gasteiger partial charge in [0, 0.05) is 0 Å². The van der Waals surface area contributed by atoms with E-state index in [9.17, 15) is 0 Å². The molecule has 0 saturated heterocycles. The number of aryl methyl sites for hydroxylation is 4. The molecule has 0 aliphatic heterocycles. The Morgan fingerprint density at radius 1 is 0.615 bits per heavy atom. The summed E-state index contributed by atoms with van der Waals surface area (Å²) in [6.45, 7) is 6.04. The monoisotopic (exact) mass is 358 g/mol. The van der Waals surface area contributed by atoms with Crippen molar-refractivity contribution in [3.63, 3.8) is 0 Å². The molecule has 1 atom stereocenters. The second kappa shape index (κ2) is 8.97. The van der Waals surface area contributed by atoms with Crippen LogP contribution in [0.2, 0.25) is 0 Å². The summed E-state index contributed by atoms with van der Waals surface area (Å²) >= 11 is 0. The van der Waals surface area contributed by atoms with Crippen molar-refractivity contribution in [1.29, 1.82) is 0 Å². The Balaban J connectivity index is 1.50. The molecule has 0 aromatic heterocycles. The van der Waals surface area contributed by atoms with Gasteiger partial charge in [0.15, 0.2) is 0 Å². The number of benzene rings is 3. The van der Waals surface area contributed by atoms with Gasteiger partial charge in [-0.1, -0.05) is 84.9 Å². The van der Waals surface area contributed by atoms with Crippen LogP contribution in [0.4, 0.5) is 0 Å². The van der Waals surface area contributed by atoms with Gasteiger partial charge < -0.3 is 0 Å². The smallest absolute Gasteiger partial charge is 0.0233 e. The van der Waals surface area contributed by atoms with Gasteiger partial charge >= 0.3 is 0 Å². The lowest BCUT2D eigenvalue weighted by Crippen LogP contribution is -1.96. The molecular formula is C25H27P. The zero-order valence-electron chi connectivity index (χ0n) is 15.5. The van der Waals surface area contributed by atoms with Crippen LogP contribution in [0.3, 0.4) is 0 Å². The average Bonchev–Trinajstić information content (AvgIpc) is 2.67. The maximum absolute atomic E-state index is 3.99. The summed E-state index contributed by atoms with van der Waals surface area (Å²) in [4.78, 5) is 0. The van der Waals surface area contributed by atoms with Gasteiger partial charge in [0.25, 0.3) is 0 Å². The molecule has 26 heavy (non-hydrogen) atoms. The fourth-order valence-corrected chi connectivity index (χ4v) is 3.28. The van der Waals surface area contributed by atoms with E-state index >= 15 is 0 Å². The molecule has 3 rings (SSSR count). The molecule has 0 radical (unpaired) electrons. The molecule has 0 bridgehead atoms. The van der Waals surface area contributed by atoms with Crippen molar-refractivity contribution in [2.45, 2.75) is 32.6 Å². The van der Waals surface area contributed by atoms with Crippen LogP contribution in [0.5, 0.6) is 0 Å². The molecule has 0 nitrogen and oxygen atoms in total. The summed E-state index contributed by atoms with van der Waals surface area (Å²) in [6, 6.07) is 26.7. The van der Waals surface area contributed by atoms with E-state index in [4.69, 9.17) is 0 Å². The predicted octanol–water partition coefficient (Wildman–Crippen LogP) is 5.79. The zero-order chi connectivity index (χ0) is 18.4. The lowest BCUT2D eigenvalue weighted by molar-refractivity contribution is 0.940. The van der Waals surface area contributed by atoms with E-state index in [1.165, 1.54) is 33.1 Å². The largest absolute Gasteiger partial charge is 0.106 e. The summed E-state index contributed by atoms with van der Waals surface area (Å²) in [5.74, 6) is 0. The minimum absolute atomic E-state index is 1.08. The number of rotatable bonds is 7. The third-order valence-electron chi connectivity index (χ3n) is 4.85. The van der Waals surface area contributed by atoms with Crippen LogP contribution in [-0.2, 0) is 25.7 Å². The van der Waals surface area contributed by atoms with Crippen LogP contribution in [0.25, 0.3) is 5.57 Å². The molecule has 0 saturated carbocycles. The summed E-state index contributed by atoms with van der Waals surface area (Å²) in [7, 11) is 2.74. The summed E-state index contributed by atoms with van der Waals surface area (Å²) < 4.78 is 0. The highest BCUT2D eigenvalue weighted by molar-refractivity contribution is 7.27. The van der Waals surface area contributed by atoms with E-state index in [0.717, 1.165) is 31.3 Å². The highest BCUT2D eigenvalue weighted by Crippen LogP contribution is 2.15. The number of hydrogen-bond acceptors (Lipinski definition) is 0. The SMILES string of the molecule is C=C(C)c1ccc(CCc2ccc(CCc3ccc(P)cc3)cc2)cc1.